The number of methoxy groups -OCH3 is 3. The number of rotatable bonds is 8. The second kappa shape index (κ2) is 8.96. The normalized spacial score (nSPS) is 10.8. The van der Waals surface area contributed by atoms with Crippen LogP contribution in [0.5, 0.6) is 23.0 Å². The van der Waals surface area contributed by atoms with E-state index in [9.17, 15) is 0 Å². The van der Waals surface area contributed by atoms with Gasteiger partial charge in [0.2, 0.25) is 5.75 Å². The van der Waals surface area contributed by atoms with Crippen molar-refractivity contribution in [3.8, 4) is 23.0 Å². The number of imidazole rings is 1. The van der Waals surface area contributed by atoms with Crippen LogP contribution in [0.4, 0.5) is 0 Å². The second-order valence-electron chi connectivity index (χ2n) is 6.30. The lowest BCUT2D eigenvalue weighted by molar-refractivity contribution is 0.285. The van der Waals surface area contributed by atoms with Gasteiger partial charge in [0.25, 0.3) is 0 Å². The molecule has 7 nitrogen and oxygen atoms in total. The number of benzene rings is 2. The van der Waals surface area contributed by atoms with Crippen LogP contribution in [0.15, 0.2) is 64.6 Å². The SMILES string of the molecule is COc1cc(OCc2nc3ccc(Sc4ccncc4)cc3[nH]2)cc(OC)c1OC. The molecule has 4 rings (SSSR count). The number of aromatic nitrogens is 3. The maximum absolute atomic E-state index is 5.91. The van der Waals surface area contributed by atoms with Crippen molar-refractivity contribution in [2.75, 3.05) is 21.3 Å². The van der Waals surface area contributed by atoms with Gasteiger partial charge in [0.1, 0.15) is 18.2 Å². The summed E-state index contributed by atoms with van der Waals surface area (Å²) in [5.41, 5.74) is 1.84. The molecule has 4 aromatic rings. The number of nitrogens with zero attached hydrogens (tertiary/aromatic N) is 2. The van der Waals surface area contributed by atoms with Gasteiger partial charge in [-0.3, -0.25) is 4.98 Å². The molecule has 2 heterocycles. The summed E-state index contributed by atoms with van der Waals surface area (Å²) < 4.78 is 22.0. The van der Waals surface area contributed by atoms with Crippen molar-refractivity contribution in [2.24, 2.45) is 0 Å². The van der Waals surface area contributed by atoms with Crippen LogP contribution < -0.4 is 18.9 Å². The van der Waals surface area contributed by atoms with Crippen LogP contribution in [-0.4, -0.2) is 36.3 Å². The molecule has 0 fully saturated rings. The third kappa shape index (κ3) is 4.28. The van der Waals surface area contributed by atoms with E-state index in [1.165, 1.54) is 0 Å². The molecule has 2 aromatic heterocycles. The molecule has 154 valence electrons. The van der Waals surface area contributed by atoms with Gasteiger partial charge in [0.05, 0.1) is 32.4 Å². The predicted molar refractivity (Wildman–Crippen MR) is 115 cm³/mol. The summed E-state index contributed by atoms with van der Waals surface area (Å²) in [6.07, 6.45) is 3.57. The average molecular weight is 423 g/mol. The highest BCUT2D eigenvalue weighted by molar-refractivity contribution is 7.99. The first-order chi connectivity index (χ1) is 14.7. The zero-order valence-corrected chi connectivity index (χ0v) is 17.7. The smallest absolute Gasteiger partial charge is 0.203 e. The van der Waals surface area contributed by atoms with Crippen molar-refractivity contribution in [3.63, 3.8) is 0 Å². The van der Waals surface area contributed by atoms with E-state index >= 15 is 0 Å². The summed E-state index contributed by atoms with van der Waals surface area (Å²) in [7, 11) is 4.71. The fraction of sp³-hybridized carbons (Fsp3) is 0.182. The number of nitrogens with one attached hydrogen (secondary N) is 1. The van der Waals surface area contributed by atoms with Gasteiger partial charge in [-0.15, -0.1) is 0 Å². The van der Waals surface area contributed by atoms with Crippen molar-refractivity contribution in [1.82, 2.24) is 15.0 Å². The Balaban J connectivity index is 1.50. The lowest BCUT2D eigenvalue weighted by atomic mass is 10.2. The highest BCUT2D eigenvalue weighted by Gasteiger charge is 2.14. The van der Waals surface area contributed by atoms with E-state index in [0.717, 1.165) is 26.6 Å². The summed E-state index contributed by atoms with van der Waals surface area (Å²) in [6, 6.07) is 13.6. The average Bonchev–Trinajstić information content (AvgIpc) is 3.19. The van der Waals surface area contributed by atoms with Crippen LogP contribution in [0.25, 0.3) is 11.0 Å². The molecule has 30 heavy (non-hydrogen) atoms. The lowest BCUT2D eigenvalue weighted by Crippen LogP contribution is -2.00. The molecule has 0 aliphatic carbocycles. The summed E-state index contributed by atoms with van der Waals surface area (Å²) >= 11 is 1.67. The van der Waals surface area contributed by atoms with Gasteiger partial charge in [-0.2, -0.15) is 0 Å². The molecule has 0 atom stereocenters. The Morgan fingerprint density at radius 3 is 2.27 bits per heavy atom. The van der Waals surface area contributed by atoms with E-state index < -0.39 is 0 Å². The number of ether oxygens (including phenoxy) is 4. The second-order valence-corrected chi connectivity index (χ2v) is 7.44. The largest absolute Gasteiger partial charge is 0.493 e. The Morgan fingerprint density at radius 1 is 0.867 bits per heavy atom. The molecule has 0 amide bonds. The molecular formula is C22H21N3O4S. The van der Waals surface area contributed by atoms with E-state index in [4.69, 9.17) is 18.9 Å². The molecule has 0 unspecified atom stereocenters. The molecule has 0 spiro atoms. The van der Waals surface area contributed by atoms with Crippen LogP contribution in [-0.2, 0) is 6.61 Å². The van der Waals surface area contributed by atoms with Crippen LogP contribution in [0.1, 0.15) is 5.82 Å². The molecular weight excluding hydrogens is 402 g/mol. The van der Waals surface area contributed by atoms with Gasteiger partial charge >= 0.3 is 0 Å². The van der Waals surface area contributed by atoms with E-state index in [0.29, 0.717) is 23.0 Å². The van der Waals surface area contributed by atoms with Crippen molar-refractivity contribution in [3.05, 3.63) is 60.7 Å². The van der Waals surface area contributed by atoms with Gasteiger partial charge in [0.15, 0.2) is 11.5 Å². The molecule has 0 saturated carbocycles. The number of fused-ring (bicyclic) bond motifs is 1. The number of hydrogen-bond acceptors (Lipinski definition) is 7. The molecule has 8 heteroatoms. The quantitative estimate of drug-likeness (QED) is 0.439. The first kappa shape index (κ1) is 19.9. The first-order valence-corrected chi connectivity index (χ1v) is 10.0. The summed E-state index contributed by atoms with van der Waals surface area (Å²) in [4.78, 5) is 14.2. The Labute approximate surface area is 178 Å². The van der Waals surface area contributed by atoms with Crippen LogP contribution in [0.3, 0.4) is 0 Å². The van der Waals surface area contributed by atoms with Crippen molar-refractivity contribution in [2.45, 2.75) is 16.4 Å². The molecule has 2 aromatic carbocycles. The van der Waals surface area contributed by atoms with Crippen molar-refractivity contribution < 1.29 is 18.9 Å². The maximum atomic E-state index is 5.91. The highest BCUT2D eigenvalue weighted by atomic mass is 32.2. The van der Waals surface area contributed by atoms with E-state index in [-0.39, 0.29) is 6.61 Å². The number of hydrogen-bond donors (Lipinski definition) is 1. The maximum Gasteiger partial charge on any atom is 0.203 e. The van der Waals surface area contributed by atoms with Crippen LogP contribution in [0.2, 0.25) is 0 Å². The molecule has 0 saturated heterocycles. The summed E-state index contributed by atoms with van der Waals surface area (Å²) in [5.74, 6) is 2.92. The first-order valence-electron chi connectivity index (χ1n) is 9.19. The van der Waals surface area contributed by atoms with Crippen LogP contribution >= 0.6 is 11.8 Å². The Bertz CT molecular complexity index is 1120. The lowest BCUT2D eigenvalue weighted by Gasteiger charge is -2.14. The zero-order chi connectivity index (χ0) is 20.9. The van der Waals surface area contributed by atoms with Gasteiger partial charge in [0, 0.05) is 34.3 Å². The standard InChI is InChI=1S/C22H21N3O4S/c1-26-19-10-14(11-20(27-2)22(19)28-3)29-13-21-24-17-5-4-16(12-18(17)25-21)30-15-6-8-23-9-7-15/h4-12H,13H2,1-3H3,(H,24,25). The number of aromatic amines is 1. The summed E-state index contributed by atoms with van der Waals surface area (Å²) in [6.45, 7) is 0.278. The monoisotopic (exact) mass is 423 g/mol. The Morgan fingerprint density at radius 2 is 1.60 bits per heavy atom. The number of H-pyrrole nitrogens is 1. The topological polar surface area (TPSA) is 78.5 Å². The van der Waals surface area contributed by atoms with Crippen LogP contribution in [0, 0.1) is 0 Å². The van der Waals surface area contributed by atoms with Gasteiger partial charge in [-0.05, 0) is 30.3 Å². The zero-order valence-electron chi connectivity index (χ0n) is 16.8. The van der Waals surface area contributed by atoms with Gasteiger partial charge in [-0.1, -0.05) is 11.8 Å². The third-order valence-corrected chi connectivity index (χ3v) is 5.40. The highest BCUT2D eigenvalue weighted by Crippen LogP contribution is 2.41. The third-order valence-electron chi connectivity index (χ3n) is 4.40. The molecule has 0 aliphatic heterocycles. The molecule has 0 radical (unpaired) electrons. The minimum atomic E-state index is 0.278. The Hall–Kier alpha value is -3.39. The summed E-state index contributed by atoms with van der Waals surface area (Å²) in [5, 5.41) is 0. The number of pyridine rings is 1. The van der Waals surface area contributed by atoms with Gasteiger partial charge < -0.3 is 23.9 Å². The van der Waals surface area contributed by atoms with Crippen molar-refractivity contribution in [1.29, 1.82) is 0 Å². The fourth-order valence-corrected chi connectivity index (χ4v) is 3.85. The van der Waals surface area contributed by atoms with E-state index in [1.54, 1.807) is 57.6 Å². The van der Waals surface area contributed by atoms with Crippen molar-refractivity contribution >= 4 is 22.8 Å². The van der Waals surface area contributed by atoms with E-state index in [1.807, 2.05) is 18.2 Å². The molecule has 0 aliphatic rings. The predicted octanol–water partition coefficient (Wildman–Crippen LogP) is 4.71. The van der Waals surface area contributed by atoms with Gasteiger partial charge in [-0.25, -0.2) is 4.98 Å². The fourth-order valence-electron chi connectivity index (χ4n) is 3.01. The molecule has 1 N–H and O–H groups in total. The minimum absolute atomic E-state index is 0.278. The Kier molecular flexibility index (Phi) is 5.94. The minimum Gasteiger partial charge on any atom is -0.493 e. The van der Waals surface area contributed by atoms with E-state index in [2.05, 4.69) is 27.1 Å². The molecule has 0 bridgehead atoms.